The van der Waals surface area contributed by atoms with Gasteiger partial charge >= 0.3 is 0 Å². The second-order valence-corrected chi connectivity index (χ2v) is 4.24. The van der Waals surface area contributed by atoms with E-state index < -0.39 is 0 Å². The van der Waals surface area contributed by atoms with E-state index in [1.807, 2.05) is 10.9 Å². The number of aromatic nitrogens is 3. The van der Waals surface area contributed by atoms with Crippen LogP contribution in [0.15, 0.2) is 12.4 Å². The van der Waals surface area contributed by atoms with Gasteiger partial charge in [-0.05, 0) is 13.0 Å². The number of likely N-dealkylation sites (tertiary alicyclic amines) is 1. The van der Waals surface area contributed by atoms with Crippen LogP contribution in [0.2, 0.25) is 0 Å². The molecule has 14 heavy (non-hydrogen) atoms. The Morgan fingerprint density at radius 3 is 2.79 bits per heavy atom. The molecule has 2 N–H and O–H groups in total. The molecule has 3 atom stereocenters. The van der Waals surface area contributed by atoms with Crippen molar-refractivity contribution in [2.24, 2.45) is 11.7 Å². The van der Waals surface area contributed by atoms with E-state index in [2.05, 4.69) is 29.2 Å². The fourth-order valence-electron chi connectivity index (χ4n) is 2.40. The van der Waals surface area contributed by atoms with Crippen LogP contribution < -0.4 is 5.73 Å². The highest BCUT2D eigenvalue weighted by Crippen LogP contribution is 2.25. The third kappa shape index (κ3) is 1.65. The molecule has 1 aliphatic rings. The van der Waals surface area contributed by atoms with Crippen LogP contribution >= 0.6 is 0 Å². The van der Waals surface area contributed by atoms with Gasteiger partial charge in [0.1, 0.15) is 0 Å². The molecular weight excluding hydrogens is 178 g/mol. The summed E-state index contributed by atoms with van der Waals surface area (Å²) in [4.78, 5) is 2.27. The monoisotopic (exact) mass is 195 g/mol. The molecule has 1 fully saturated rings. The highest BCUT2D eigenvalue weighted by molar-refractivity contribution is 4.90. The number of nitrogens with zero attached hydrogens (tertiary/aromatic N) is 4. The average molecular weight is 195 g/mol. The lowest BCUT2D eigenvalue weighted by molar-refractivity contribution is 0.126. The summed E-state index contributed by atoms with van der Waals surface area (Å²) in [7, 11) is 2.11. The molecule has 0 radical (unpaired) electrons. The molecule has 5 nitrogen and oxygen atoms in total. The van der Waals surface area contributed by atoms with Gasteiger partial charge in [-0.25, -0.2) is 4.68 Å². The number of nitrogens with two attached hydrogens (primary N) is 1. The van der Waals surface area contributed by atoms with Gasteiger partial charge in [-0.1, -0.05) is 12.1 Å². The van der Waals surface area contributed by atoms with Crippen molar-refractivity contribution in [2.45, 2.75) is 19.0 Å². The number of piperidine rings is 1. The van der Waals surface area contributed by atoms with Crippen LogP contribution in [0.1, 0.15) is 13.0 Å². The highest BCUT2D eigenvalue weighted by Gasteiger charge is 2.32. The van der Waals surface area contributed by atoms with E-state index in [1.165, 1.54) is 0 Å². The molecule has 2 heterocycles. The van der Waals surface area contributed by atoms with Crippen LogP contribution in [0.25, 0.3) is 0 Å². The molecule has 1 aromatic heterocycles. The molecular formula is C9H17N5. The minimum atomic E-state index is 0.144. The molecule has 0 amide bonds. The third-order valence-electron chi connectivity index (χ3n) is 2.89. The lowest BCUT2D eigenvalue weighted by atomic mass is 9.91. The minimum absolute atomic E-state index is 0.144. The number of hydrogen-bond acceptors (Lipinski definition) is 4. The van der Waals surface area contributed by atoms with Crippen LogP contribution in [-0.2, 0) is 0 Å². The first-order valence-corrected chi connectivity index (χ1v) is 4.98. The lowest BCUT2D eigenvalue weighted by Gasteiger charge is -2.39. The van der Waals surface area contributed by atoms with Gasteiger partial charge in [-0.3, -0.25) is 0 Å². The van der Waals surface area contributed by atoms with Gasteiger partial charge in [0.05, 0.1) is 12.2 Å². The quantitative estimate of drug-likeness (QED) is 0.670. The van der Waals surface area contributed by atoms with Gasteiger partial charge in [0.25, 0.3) is 0 Å². The van der Waals surface area contributed by atoms with Gasteiger partial charge < -0.3 is 10.6 Å². The van der Waals surface area contributed by atoms with Crippen molar-refractivity contribution < 1.29 is 0 Å². The fraction of sp³-hybridized carbons (Fsp3) is 0.778. The van der Waals surface area contributed by atoms with Crippen molar-refractivity contribution >= 4 is 0 Å². The predicted octanol–water partition coefficient (Wildman–Crippen LogP) is -0.272. The lowest BCUT2D eigenvalue weighted by Crippen LogP contribution is -2.51. The number of rotatable bonds is 1. The standard InChI is InChI=1S/C9H17N5/c1-7-5-13(2)6-8(10)9(7)14-4-3-11-12-14/h3-4,7-9H,5-6,10H2,1-2H3. The predicted molar refractivity (Wildman–Crippen MR) is 53.7 cm³/mol. The summed E-state index contributed by atoms with van der Waals surface area (Å²) in [5.74, 6) is 0.519. The first-order chi connectivity index (χ1) is 6.68. The Labute approximate surface area is 83.9 Å². The fourth-order valence-corrected chi connectivity index (χ4v) is 2.40. The van der Waals surface area contributed by atoms with E-state index in [0.29, 0.717) is 5.92 Å². The van der Waals surface area contributed by atoms with E-state index in [0.717, 1.165) is 13.1 Å². The summed E-state index contributed by atoms with van der Waals surface area (Å²) in [6.45, 7) is 4.20. The second-order valence-electron chi connectivity index (χ2n) is 4.24. The molecule has 78 valence electrons. The average Bonchev–Trinajstić information content (AvgIpc) is 2.54. The Bertz CT molecular complexity index is 271. The molecule has 5 heteroatoms. The Balaban J connectivity index is 2.18. The van der Waals surface area contributed by atoms with Crippen LogP contribution in [0, 0.1) is 5.92 Å². The van der Waals surface area contributed by atoms with Gasteiger partial charge in [0, 0.05) is 25.3 Å². The molecule has 0 aliphatic carbocycles. The topological polar surface area (TPSA) is 60.0 Å². The Morgan fingerprint density at radius 1 is 1.43 bits per heavy atom. The smallest absolute Gasteiger partial charge is 0.0737 e. The second kappa shape index (κ2) is 3.67. The highest BCUT2D eigenvalue weighted by atomic mass is 15.4. The number of likely N-dealkylation sites (N-methyl/N-ethyl adjacent to an activating group) is 1. The van der Waals surface area contributed by atoms with Crippen molar-refractivity contribution in [3.8, 4) is 0 Å². The van der Waals surface area contributed by atoms with Crippen LogP contribution in [0.3, 0.4) is 0 Å². The van der Waals surface area contributed by atoms with Crippen molar-refractivity contribution in [3.63, 3.8) is 0 Å². The summed E-state index contributed by atoms with van der Waals surface area (Å²) in [5.41, 5.74) is 6.12. The molecule has 1 aliphatic heterocycles. The van der Waals surface area contributed by atoms with E-state index in [9.17, 15) is 0 Å². The molecule has 2 rings (SSSR count). The van der Waals surface area contributed by atoms with E-state index in [1.54, 1.807) is 6.20 Å². The summed E-state index contributed by atoms with van der Waals surface area (Å²) in [6, 6.07) is 0.430. The van der Waals surface area contributed by atoms with Gasteiger partial charge in [-0.15, -0.1) is 5.10 Å². The molecule has 0 bridgehead atoms. The molecule has 3 unspecified atom stereocenters. The zero-order chi connectivity index (χ0) is 10.1. The SMILES string of the molecule is CC1CN(C)CC(N)C1n1ccnn1. The maximum absolute atomic E-state index is 6.12. The van der Waals surface area contributed by atoms with E-state index in [-0.39, 0.29) is 12.1 Å². The number of hydrogen-bond donors (Lipinski definition) is 1. The van der Waals surface area contributed by atoms with Crippen molar-refractivity contribution in [2.75, 3.05) is 20.1 Å². The van der Waals surface area contributed by atoms with E-state index >= 15 is 0 Å². The first kappa shape index (κ1) is 9.61. The zero-order valence-corrected chi connectivity index (χ0v) is 8.67. The maximum Gasteiger partial charge on any atom is 0.0737 e. The molecule has 0 aromatic carbocycles. The minimum Gasteiger partial charge on any atom is -0.325 e. The third-order valence-corrected chi connectivity index (χ3v) is 2.89. The first-order valence-electron chi connectivity index (χ1n) is 4.98. The van der Waals surface area contributed by atoms with Crippen molar-refractivity contribution in [1.29, 1.82) is 0 Å². The van der Waals surface area contributed by atoms with Crippen LogP contribution in [0.5, 0.6) is 0 Å². The van der Waals surface area contributed by atoms with Crippen LogP contribution in [-0.4, -0.2) is 46.1 Å². The summed E-state index contributed by atoms with van der Waals surface area (Å²) in [5, 5.41) is 7.86. The summed E-state index contributed by atoms with van der Waals surface area (Å²) in [6.07, 6.45) is 3.60. The Kier molecular flexibility index (Phi) is 2.52. The zero-order valence-electron chi connectivity index (χ0n) is 8.67. The normalized spacial score (nSPS) is 34.6. The Morgan fingerprint density at radius 2 is 2.21 bits per heavy atom. The summed E-state index contributed by atoms with van der Waals surface area (Å²) >= 11 is 0. The van der Waals surface area contributed by atoms with Crippen molar-refractivity contribution in [3.05, 3.63) is 12.4 Å². The van der Waals surface area contributed by atoms with Crippen molar-refractivity contribution in [1.82, 2.24) is 19.9 Å². The van der Waals surface area contributed by atoms with Gasteiger partial charge in [0.2, 0.25) is 0 Å². The maximum atomic E-state index is 6.12. The van der Waals surface area contributed by atoms with Gasteiger partial charge in [-0.2, -0.15) is 0 Å². The largest absolute Gasteiger partial charge is 0.325 e. The molecule has 1 saturated heterocycles. The van der Waals surface area contributed by atoms with Gasteiger partial charge in [0.15, 0.2) is 0 Å². The van der Waals surface area contributed by atoms with E-state index in [4.69, 9.17) is 5.73 Å². The summed E-state index contributed by atoms with van der Waals surface area (Å²) < 4.78 is 1.89. The Hall–Kier alpha value is -0.940. The molecule has 0 spiro atoms. The molecule has 1 aromatic rings. The molecule has 0 saturated carbocycles. The van der Waals surface area contributed by atoms with Crippen LogP contribution in [0.4, 0.5) is 0 Å².